The number of piperidine rings is 1. The number of hydrogen-bond donors (Lipinski definition) is 1. The minimum absolute atomic E-state index is 0.0326. The third kappa shape index (κ3) is 4.21. The summed E-state index contributed by atoms with van der Waals surface area (Å²) < 4.78 is 25.8. The largest absolute Gasteiger partial charge is 0.349 e. The van der Waals surface area contributed by atoms with Crippen LogP contribution in [-0.2, 0) is 0 Å². The molecule has 2 amide bonds. The van der Waals surface area contributed by atoms with Gasteiger partial charge in [-0.3, -0.25) is 9.59 Å². The van der Waals surface area contributed by atoms with Gasteiger partial charge in [0.05, 0.1) is 0 Å². The van der Waals surface area contributed by atoms with Gasteiger partial charge in [-0.15, -0.1) is 0 Å². The van der Waals surface area contributed by atoms with Crippen molar-refractivity contribution < 1.29 is 18.4 Å². The third-order valence-electron chi connectivity index (χ3n) is 4.31. The number of likely N-dealkylation sites (tertiary alicyclic amines) is 1. The Labute approximate surface area is 144 Å². The molecule has 0 saturated carbocycles. The predicted molar refractivity (Wildman–Crippen MR) is 89.2 cm³/mol. The van der Waals surface area contributed by atoms with Gasteiger partial charge in [-0.1, -0.05) is 0 Å². The molecule has 0 aliphatic carbocycles. The zero-order valence-corrected chi connectivity index (χ0v) is 13.5. The molecule has 1 aliphatic heterocycles. The van der Waals surface area contributed by atoms with Crippen LogP contribution in [0.25, 0.3) is 0 Å². The highest BCUT2D eigenvalue weighted by molar-refractivity contribution is 5.95. The Morgan fingerprint density at radius 2 is 1.32 bits per heavy atom. The van der Waals surface area contributed by atoms with Crippen LogP contribution in [0.2, 0.25) is 0 Å². The highest BCUT2D eigenvalue weighted by atomic mass is 19.1. The molecule has 0 aromatic heterocycles. The van der Waals surface area contributed by atoms with Gasteiger partial charge in [0.25, 0.3) is 11.8 Å². The minimum Gasteiger partial charge on any atom is -0.349 e. The van der Waals surface area contributed by atoms with E-state index in [4.69, 9.17) is 0 Å². The number of rotatable bonds is 3. The summed E-state index contributed by atoms with van der Waals surface area (Å²) >= 11 is 0. The first-order valence-corrected chi connectivity index (χ1v) is 8.14. The van der Waals surface area contributed by atoms with Crippen LogP contribution in [0, 0.1) is 11.6 Å². The lowest BCUT2D eigenvalue weighted by Gasteiger charge is -2.32. The Morgan fingerprint density at radius 3 is 1.84 bits per heavy atom. The molecule has 0 bridgehead atoms. The van der Waals surface area contributed by atoms with Crippen molar-refractivity contribution in [3.63, 3.8) is 0 Å². The van der Waals surface area contributed by atoms with E-state index in [-0.39, 0.29) is 29.5 Å². The zero-order chi connectivity index (χ0) is 17.8. The van der Waals surface area contributed by atoms with Crippen LogP contribution in [0.1, 0.15) is 33.6 Å². The SMILES string of the molecule is O=C(NC1CCN(C(=O)c2ccc(F)cc2)CC1)c1ccc(F)cc1. The average molecular weight is 344 g/mol. The Morgan fingerprint density at radius 1 is 0.840 bits per heavy atom. The van der Waals surface area contributed by atoms with Gasteiger partial charge in [-0.05, 0) is 61.4 Å². The maximum absolute atomic E-state index is 12.9. The van der Waals surface area contributed by atoms with Crippen molar-refractivity contribution in [3.8, 4) is 0 Å². The topological polar surface area (TPSA) is 49.4 Å². The first-order chi connectivity index (χ1) is 12.0. The van der Waals surface area contributed by atoms with E-state index in [2.05, 4.69) is 5.32 Å². The number of nitrogens with zero attached hydrogens (tertiary/aromatic N) is 1. The Balaban J connectivity index is 1.53. The van der Waals surface area contributed by atoms with Crippen molar-refractivity contribution in [3.05, 3.63) is 71.3 Å². The molecule has 2 aromatic rings. The van der Waals surface area contributed by atoms with Crippen molar-refractivity contribution in [2.24, 2.45) is 0 Å². The number of hydrogen-bond acceptors (Lipinski definition) is 2. The number of nitrogens with one attached hydrogen (secondary N) is 1. The summed E-state index contributed by atoms with van der Waals surface area (Å²) in [7, 11) is 0. The molecule has 0 spiro atoms. The Kier molecular flexibility index (Phi) is 5.07. The fourth-order valence-electron chi connectivity index (χ4n) is 2.87. The van der Waals surface area contributed by atoms with Crippen LogP contribution in [0.5, 0.6) is 0 Å². The molecule has 25 heavy (non-hydrogen) atoms. The summed E-state index contributed by atoms with van der Waals surface area (Å²) in [4.78, 5) is 26.2. The molecule has 6 heteroatoms. The van der Waals surface area contributed by atoms with Gasteiger partial charge in [0.2, 0.25) is 0 Å². The second-order valence-corrected chi connectivity index (χ2v) is 6.05. The van der Waals surface area contributed by atoms with Gasteiger partial charge in [0.15, 0.2) is 0 Å². The lowest BCUT2D eigenvalue weighted by atomic mass is 10.0. The van der Waals surface area contributed by atoms with E-state index >= 15 is 0 Å². The van der Waals surface area contributed by atoms with E-state index in [1.54, 1.807) is 4.90 Å². The van der Waals surface area contributed by atoms with E-state index in [0.29, 0.717) is 37.1 Å². The van der Waals surface area contributed by atoms with Crippen LogP contribution in [-0.4, -0.2) is 35.8 Å². The second-order valence-electron chi connectivity index (χ2n) is 6.05. The number of benzene rings is 2. The maximum atomic E-state index is 12.9. The molecule has 1 saturated heterocycles. The number of carbonyl (C=O) groups is 2. The van der Waals surface area contributed by atoms with Crippen LogP contribution < -0.4 is 5.32 Å². The van der Waals surface area contributed by atoms with Crippen molar-refractivity contribution in [1.29, 1.82) is 0 Å². The van der Waals surface area contributed by atoms with Gasteiger partial charge in [-0.25, -0.2) is 8.78 Å². The standard InChI is InChI=1S/C19H18F2N2O2/c20-15-5-1-13(2-6-15)18(24)22-17-9-11-23(12-10-17)19(25)14-3-7-16(21)8-4-14/h1-8,17H,9-12H2,(H,22,24). The molecule has 130 valence electrons. The molecule has 0 radical (unpaired) electrons. The highest BCUT2D eigenvalue weighted by Crippen LogP contribution is 2.15. The molecule has 1 heterocycles. The first-order valence-electron chi connectivity index (χ1n) is 8.14. The molecule has 1 N–H and O–H groups in total. The van der Waals surface area contributed by atoms with E-state index in [0.717, 1.165) is 0 Å². The summed E-state index contributed by atoms with van der Waals surface area (Å²) in [6, 6.07) is 10.8. The normalized spacial score (nSPS) is 15.0. The molecule has 1 fully saturated rings. The van der Waals surface area contributed by atoms with Gasteiger partial charge in [0.1, 0.15) is 11.6 Å². The Hall–Kier alpha value is -2.76. The summed E-state index contributed by atoms with van der Waals surface area (Å²) in [6.45, 7) is 1.04. The zero-order valence-electron chi connectivity index (χ0n) is 13.5. The van der Waals surface area contributed by atoms with E-state index < -0.39 is 0 Å². The molecule has 4 nitrogen and oxygen atoms in total. The van der Waals surface area contributed by atoms with Crippen molar-refractivity contribution in [1.82, 2.24) is 10.2 Å². The molecule has 0 unspecified atom stereocenters. The predicted octanol–water partition coefficient (Wildman–Crippen LogP) is 3.00. The van der Waals surface area contributed by atoms with E-state index in [1.807, 2.05) is 0 Å². The van der Waals surface area contributed by atoms with Crippen molar-refractivity contribution >= 4 is 11.8 Å². The van der Waals surface area contributed by atoms with E-state index in [9.17, 15) is 18.4 Å². The fourth-order valence-corrected chi connectivity index (χ4v) is 2.87. The van der Waals surface area contributed by atoms with Crippen LogP contribution in [0.4, 0.5) is 8.78 Å². The second kappa shape index (κ2) is 7.42. The summed E-state index contributed by atoms with van der Waals surface area (Å²) in [6.07, 6.45) is 1.28. The van der Waals surface area contributed by atoms with Crippen LogP contribution in [0.15, 0.2) is 48.5 Å². The molecule has 0 atom stereocenters. The molecular formula is C19H18F2N2O2. The minimum atomic E-state index is -0.385. The lowest BCUT2D eigenvalue weighted by molar-refractivity contribution is 0.0698. The molecule has 3 rings (SSSR count). The average Bonchev–Trinajstić information content (AvgIpc) is 2.63. The molecule has 1 aliphatic rings. The number of carbonyl (C=O) groups excluding carboxylic acids is 2. The number of amides is 2. The highest BCUT2D eigenvalue weighted by Gasteiger charge is 2.24. The smallest absolute Gasteiger partial charge is 0.253 e. The molecule has 2 aromatic carbocycles. The van der Waals surface area contributed by atoms with Crippen LogP contribution >= 0.6 is 0 Å². The van der Waals surface area contributed by atoms with Gasteiger partial charge in [0, 0.05) is 30.3 Å². The maximum Gasteiger partial charge on any atom is 0.253 e. The number of halogens is 2. The summed E-state index contributed by atoms with van der Waals surface area (Å²) in [5, 5.41) is 2.91. The van der Waals surface area contributed by atoms with Gasteiger partial charge < -0.3 is 10.2 Å². The van der Waals surface area contributed by atoms with Gasteiger partial charge >= 0.3 is 0 Å². The van der Waals surface area contributed by atoms with E-state index in [1.165, 1.54) is 48.5 Å². The summed E-state index contributed by atoms with van der Waals surface area (Å²) in [5.74, 6) is -1.14. The van der Waals surface area contributed by atoms with Crippen LogP contribution in [0.3, 0.4) is 0 Å². The monoisotopic (exact) mass is 344 g/mol. The van der Waals surface area contributed by atoms with Crippen molar-refractivity contribution in [2.75, 3.05) is 13.1 Å². The Bertz CT molecular complexity index is 752. The third-order valence-corrected chi connectivity index (χ3v) is 4.31. The summed E-state index contributed by atoms with van der Waals surface area (Å²) in [5.41, 5.74) is 0.862. The fraction of sp³-hybridized carbons (Fsp3) is 0.263. The first kappa shape index (κ1) is 17.1. The van der Waals surface area contributed by atoms with Crippen molar-refractivity contribution in [2.45, 2.75) is 18.9 Å². The quantitative estimate of drug-likeness (QED) is 0.931. The van der Waals surface area contributed by atoms with Gasteiger partial charge in [-0.2, -0.15) is 0 Å². The lowest BCUT2D eigenvalue weighted by Crippen LogP contribution is -2.46. The molecular weight excluding hydrogens is 326 g/mol.